The van der Waals surface area contributed by atoms with Crippen LogP contribution in [0.5, 0.6) is 0 Å². The molecule has 15 rings (SSSR count). The van der Waals surface area contributed by atoms with E-state index in [-0.39, 0.29) is 5.71 Å². The van der Waals surface area contributed by atoms with Crippen LogP contribution in [0.3, 0.4) is 0 Å². The van der Waals surface area contributed by atoms with Crippen molar-refractivity contribution in [3.63, 3.8) is 0 Å². The first-order valence-electron chi connectivity index (χ1n) is 33.8. The van der Waals surface area contributed by atoms with Gasteiger partial charge in [0, 0.05) is 102 Å². The van der Waals surface area contributed by atoms with Crippen molar-refractivity contribution in [3.05, 3.63) is 204 Å². The standard InChI is InChI=1S/C29H30N6O2.C25H23N7O.C24H21N7O.4H2/c1-19-28(34-25(16-32-19)22-10-11-31-27(13-22)29(2,3)18-30)26-14-24(35-37-26)21-8-6-20(7-9-21)15-33-23-5-4-12-36-17-23;1-15-22(30-20(13-29-15)17-7-8-28-21(10-17)25(2,3)14-26)24-32-31-23(33-24)18-6-4-5-16(9-18)19-11-27-12-19;1-16-21(23-31-30-22(32-23)17-5-3-2-4-6-17)29-19(14-28-16)18-7-10-27-20(13-18)24(15-25)8-11-26-12-9-24;;;;/h6-11,13-14,16,23,33H,4-5,12,15,17H2,1-3H3;4-10,13,19,27H,11-12H2,1-3H3;2-7,10,13-14,26H,8-9,11-12H2,1H3;4*1H. The van der Waals surface area contributed by atoms with Crippen LogP contribution >= 0.6 is 0 Å². The number of pyridine rings is 3. The third kappa shape index (κ3) is 15.5. The second-order valence-electron chi connectivity index (χ2n) is 26.5. The van der Waals surface area contributed by atoms with E-state index in [1.54, 1.807) is 37.2 Å². The highest BCUT2D eigenvalue weighted by atomic mass is 16.5. The Morgan fingerprint density at radius 2 is 1.10 bits per heavy atom. The zero-order chi connectivity index (χ0) is 70.8. The summed E-state index contributed by atoms with van der Waals surface area (Å²) < 4.78 is 23.1. The monoisotopic (exact) mass is 1360 g/mol. The Kier molecular flexibility index (Phi) is 20.4. The smallest absolute Gasteiger partial charge is 0.268 e. The van der Waals surface area contributed by atoms with Crippen molar-refractivity contribution in [2.24, 2.45) is 0 Å². The van der Waals surface area contributed by atoms with Crippen molar-refractivity contribution in [2.45, 2.75) is 109 Å². The van der Waals surface area contributed by atoms with Crippen LogP contribution in [-0.2, 0) is 27.5 Å². The fourth-order valence-electron chi connectivity index (χ4n) is 11.9. The molecule has 0 aliphatic carbocycles. The van der Waals surface area contributed by atoms with Gasteiger partial charge in [-0.1, -0.05) is 59.8 Å². The molecule has 24 nitrogen and oxygen atoms in total. The van der Waals surface area contributed by atoms with Gasteiger partial charge in [0.25, 0.3) is 11.8 Å². The Morgan fingerprint density at radius 3 is 1.66 bits per heavy atom. The maximum absolute atomic E-state index is 9.91. The summed E-state index contributed by atoms with van der Waals surface area (Å²) >= 11 is 0. The zero-order valence-corrected chi connectivity index (χ0v) is 57.7. The first-order chi connectivity index (χ1) is 49.5. The highest BCUT2D eigenvalue weighted by Gasteiger charge is 2.36. The summed E-state index contributed by atoms with van der Waals surface area (Å²) in [6, 6.07) is 46.8. The molecule has 1 unspecified atom stereocenters. The molecule has 102 heavy (non-hydrogen) atoms. The third-order valence-electron chi connectivity index (χ3n) is 18.4. The second-order valence-corrected chi connectivity index (χ2v) is 26.5. The molecule has 24 heteroatoms. The molecule has 3 aliphatic rings. The summed E-state index contributed by atoms with van der Waals surface area (Å²) in [5, 5.41) is 60.2. The molecule has 0 amide bonds. The van der Waals surface area contributed by atoms with Crippen molar-refractivity contribution in [3.8, 4) is 121 Å². The van der Waals surface area contributed by atoms with Crippen molar-refractivity contribution >= 4 is 0 Å². The summed E-state index contributed by atoms with van der Waals surface area (Å²) in [6.07, 6.45) is 14.0. The highest BCUT2D eigenvalue weighted by molar-refractivity contribution is 5.70. The van der Waals surface area contributed by atoms with E-state index in [1.165, 1.54) is 11.1 Å². The number of nitriles is 3. The summed E-state index contributed by atoms with van der Waals surface area (Å²) in [4.78, 5) is 41.2. The molecule has 12 heterocycles. The van der Waals surface area contributed by atoms with E-state index in [0.717, 1.165) is 122 Å². The van der Waals surface area contributed by atoms with E-state index < -0.39 is 16.2 Å². The second kappa shape index (κ2) is 30.3. The molecule has 12 aromatic rings. The van der Waals surface area contributed by atoms with Crippen LogP contribution in [-0.4, -0.2) is 116 Å². The topological polar surface area (TPSA) is 337 Å². The minimum Gasteiger partial charge on any atom is -0.415 e. The third-order valence-corrected chi connectivity index (χ3v) is 18.4. The molecule has 0 bridgehead atoms. The Labute approximate surface area is 596 Å². The van der Waals surface area contributed by atoms with Gasteiger partial charge in [-0.3, -0.25) is 29.9 Å². The lowest BCUT2D eigenvalue weighted by Crippen LogP contribution is -2.39. The molecule has 0 spiro atoms. The van der Waals surface area contributed by atoms with Crippen molar-refractivity contribution in [2.75, 3.05) is 39.4 Å². The number of hydrogen-bond acceptors (Lipinski definition) is 24. The first kappa shape index (κ1) is 68.7. The van der Waals surface area contributed by atoms with Crippen molar-refractivity contribution in [1.82, 2.24) is 86.4 Å². The summed E-state index contributed by atoms with van der Waals surface area (Å²) in [6.45, 7) is 19.0. The first-order valence-corrected chi connectivity index (χ1v) is 33.8. The minimum absolute atomic E-state index is 0. The van der Waals surface area contributed by atoms with Crippen LogP contribution in [0.2, 0.25) is 0 Å². The van der Waals surface area contributed by atoms with Gasteiger partial charge in [0.1, 0.15) is 28.2 Å². The molecule has 3 saturated heterocycles. The number of piperidine rings is 1. The van der Waals surface area contributed by atoms with Gasteiger partial charge in [-0.15, -0.1) is 20.4 Å². The maximum Gasteiger partial charge on any atom is 0.268 e. The summed E-state index contributed by atoms with van der Waals surface area (Å²) in [5.74, 6) is 2.59. The van der Waals surface area contributed by atoms with Crippen LogP contribution < -0.4 is 16.0 Å². The average Bonchev–Trinajstić information content (AvgIpc) is 1.81. The van der Waals surface area contributed by atoms with Crippen LogP contribution in [0.15, 0.2) is 172 Å². The Morgan fingerprint density at radius 1 is 0.549 bits per heavy atom. The lowest BCUT2D eigenvalue weighted by Gasteiger charge is -2.30. The fourth-order valence-corrected chi connectivity index (χ4v) is 11.9. The number of nitrogens with zero attached hydrogens (tertiary/aromatic N) is 17. The van der Waals surface area contributed by atoms with Crippen molar-refractivity contribution < 1.29 is 23.8 Å². The molecular formula is C78H82N20O4. The fraction of sp³-hybridized carbons (Fsp3) is 0.295. The zero-order valence-electron chi connectivity index (χ0n) is 57.7. The lowest BCUT2D eigenvalue weighted by molar-refractivity contribution is 0.0699. The molecule has 518 valence electrons. The van der Waals surface area contributed by atoms with Crippen LogP contribution in [0.25, 0.3) is 103 Å². The quantitative estimate of drug-likeness (QED) is 0.0809. The van der Waals surface area contributed by atoms with Gasteiger partial charge in [-0.2, -0.15) is 15.8 Å². The van der Waals surface area contributed by atoms with E-state index in [2.05, 4.69) is 126 Å². The van der Waals surface area contributed by atoms with Gasteiger partial charge >= 0.3 is 0 Å². The van der Waals surface area contributed by atoms with E-state index in [4.69, 9.17) is 33.0 Å². The van der Waals surface area contributed by atoms with Crippen LogP contribution in [0.4, 0.5) is 0 Å². The minimum atomic E-state index is -0.706. The summed E-state index contributed by atoms with van der Waals surface area (Å²) in [5.41, 5.74) is 14.4. The molecule has 3 aliphatic heterocycles. The highest BCUT2D eigenvalue weighted by Crippen LogP contribution is 2.37. The van der Waals surface area contributed by atoms with Gasteiger partial charge in [0.2, 0.25) is 11.8 Å². The normalized spacial score (nSPS) is 15.1. The van der Waals surface area contributed by atoms with E-state index >= 15 is 0 Å². The van der Waals surface area contributed by atoms with Gasteiger partial charge in [0.15, 0.2) is 5.76 Å². The van der Waals surface area contributed by atoms with E-state index in [1.807, 2.05) is 133 Å². The maximum atomic E-state index is 9.91. The number of ether oxygens (including phenoxy) is 1. The summed E-state index contributed by atoms with van der Waals surface area (Å²) in [7, 11) is 0. The van der Waals surface area contributed by atoms with Crippen LogP contribution in [0, 0.1) is 54.8 Å². The average molecular weight is 1360 g/mol. The van der Waals surface area contributed by atoms with Gasteiger partial charge < -0.3 is 34.0 Å². The predicted octanol–water partition coefficient (Wildman–Crippen LogP) is 14.0. The lowest BCUT2D eigenvalue weighted by atomic mass is 9.77. The Balaban J connectivity index is 0.000000181. The molecule has 3 aromatic carbocycles. The molecule has 9 aromatic heterocycles. The molecule has 3 N–H and O–H groups in total. The Bertz CT molecular complexity index is 5090. The predicted molar refractivity (Wildman–Crippen MR) is 390 cm³/mol. The SMILES string of the molecule is Cc1ncc(-c2ccnc(C(C)(C)C#N)c2)nc1-c1cc(-c2ccc(CNC3CCCOC3)cc2)no1.Cc1ncc(-c2ccnc(C(C)(C)C#N)c2)nc1-c1nnc(-c2cccc(C3CNC3)c2)o1.Cc1ncc(-c2ccnc(C3(C#N)CCNCC3)c2)nc1-c1nnc(-c2ccccc2)o1.[HH].[HH].[HH].[HH]. The number of benzene rings is 3. The van der Waals surface area contributed by atoms with E-state index in [9.17, 15) is 15.8 Å². The molecule has 0 radical (unpaired) electrons. The molecule has 0 saturated carbocycles. The van der Waals surface area contributed by atoms with Gasteiger partial charge in [-0.25, -0.2) is 15.0 Å². The number of aromatic nitrogens is 14. The number of rotatable bonds is 16. The number of nitrogens with one attached hydrogen (secondary N) is 3. The molecule has 1 atom stereocenters. The largest absolute Gasteiger partial charge is 0.415 e. The van der Waals surface area contributed by atoms with Gasteiger partial charge in [0.05, 0.1) is 105 Å². The molecule has 3 fully saturated rings. The van der Waals surface area contributed by atoms with Crippen molar-refractivity contribution in [1.29, 1.82) is 15.8 Å². The molecular weight excluding hydrogens is 1280 g/mol. The van der Waals surface area contributed by atoms with Crippen LogP contribution in [0.1, 0.15) is 110 Å². The number of hydrogen-bond donors (Lipinski definition) is 3. The number of aryl methyl sites for hydroxylation is 3. The Hall–Kier alpha value is -11.9. The van der Waals surface area contributed by atoms with Gasteiger partial charge in [-0.05, 0) is 159 Å². The van der Waals surface area contributed by atoms with E-state index in [0.29, 0.717) is 98.2 Å².